The first-order valence-corrected chi connectivity index (χ1v) is 9.58. The maximum absolute atomic E-state index is 12.2. The van der Waals surface area contributed by atoms with Crippen molar-refractivity contribution in [3.8, 4) is 5.75 Å². The van der Waals surface area contributed by atoms with Crippen molar-refractivity contribution >= 4 is 11.9 Å². The van der Waals surface area contributed by atoms with Crippen LogP contribution in [0.15, 0.2) is 29.3 Å². The number of rotatable bonds is 8. The third kappa shape index (κ3) is 6.13. The molecular formula is C20H33N5O2. The Morgan fingerprint density at radius 3 is 2.81 bits per heavy atom. The Morgan fingerprint density at radius 1 is 1.33 bits per heavy atom. The van der Waals surface area contributed by atoms with Crippen molar-refractivity contribution in [2.45, 2.75) is 31.8 Å². The minimum absolute atomic E-state index is 0.0444. The minimum atomic E-state index is 0.0444. The summed E-state index contributed by atoms with van der Waals surface area (Å²) < 4.78 is 5.38. The Morgan fingerprint density at radius 2 is 2.11 bits per heavy atom. The Hall–Kier alpha value is -2.28. The van der Waals surface area contributed by atoms with E-state index in [4.69, 9.17) is 4.74 Å². The average molecular weight is 376 g/mol. The summed E-state index contributed by atoms with van der Waals surface area (Å²) in [5.41, 5.74) is 1.09. The van der Waals surface area contributed by atoms with Gasteiger partial charge >= 0.3 is 0 Å². The first-order chi connectivity index (χ1) is 13.1. The van der Waals surface area contributed by atoms with Crippen molar-refractivity contribution in [3.63, 3.8) is 0 Å². The van der Waals surface area contributed by atoms with Gasteiger partial charge in [-0.2, -0.15) is 0 Å². The highest BCUT2D eigenvalue weighted by atomic mass is 16.5. The van der Waals surface area contributed by atoms with E-state index in [0.717, 1.165) is 56.2 Å². The van der Waals surface area contributed by atoms with Gasteiger partial charge in [0.1, 0.15) is 5.75 Å². The first kappa shape index (κ1) is 21.0. The average Bonchev–Trinajstić information content (AvgIpc) is 3.15. The van der Waals surface area contributed by atoms with Crippen LogP contribution in [0.1, 0.15) is 24.8 Å². The van der Waals surface area contributed by atoms with E-state index in [1.165, 1.54) is 0 Å². The lowest BCUT2D eigenvalue weighted by Crippen LogP contribution is -2.44. The number of likely N-dealkylation sites (tertiary alicyclic amines) is 1. The summed E-state index contributed by atoms with van der Waals surface area (Å²) in [5, 5.41) is 6.66. The van der Waals surface area contributed by atoms with E-state index in [-0.39, 0.29) is 11.9 Å². The SMILES string of the molecule is CN=C(NCCCN1CCCC1C(=O)N(C)C)NCc1ccccc1OC. The number of methoxy groups -OCH3 is 1. The van der Waals surface area contributed by atoms with E-state index in [1.807, 2.05) is 38.4 Å². The van der Waals surface area contributed by atoms with Crippen LogP contribution in [0.5, 0.6) is 5.75 Å². The quantitative estimate of drug-likeness (QED) is 0.407. The number of hydrogen-bond acceptors (Lipinski definition) is 4. The number of aliphatic imine (C=N–C) groups is 1. The van der Waals surface area contributed by atoms with E-state index in [0.29, 0.717) is 6.54 Å². The number of benzene rings is 1. The van der Waals surface area contributed by atoms with Crippen LogP contribution in [-0.4, -0.2) is 75.6 Å². The molecule has 2 N–H and O–H groups in total. The highest BCUT2D eigenvalue weighted by Crippen LogP contribution is 2.19. The van der Waals surface area contributed by atoms with Gasteiger partial charge in [-0.1, -0.05) is 18.2 Å². The van der Waals surface area contributed by atoms with Gasteiger partial charge in [-0.3, -0.25) is 14.7 Å². The van der Waals surface area contributed by atoms with Crippen LogP contribution in [-0.2, 0) is 11.3 Å². The number of para-hydroxylation sites is 1. The second kappa shape index (κ2) is 10.8. The normalized spacial score (nSPS) is 17.6. The van der Waals surface area contributed by atoms with Crippen molar-refractivity contribution in [2.24, 2.45) is 4.99 Å². The van der Waals surface area contributed by atoms with Gasteiger partial charge in [0.25, 0.3) is 0 Å². The summed E-state index contributed by atoms with van der Waals surface area (Å²) in [4.78, 5) is 20.5. The third-order valence-electron chi connectivity index (χ3n) is 4.87. The number of hydrogen-bond donors (Lipinski definition) is 2. The number of nitrogens with zero attached hydrogens (tertiary/aromatic N) is 3. The number of ether oxygens (including phenoxy) is 1. The standard InChI is InChI=1S/C20H33N5O2/c1-21-20(23-15-16-9-5-6-11-18(16)27-4)22-12-8-14-25-13-7-10-17(25)19(26)24(2)3/h5-6,9,11,17H,7-8,10,12-15H2,1-4H3,(H2,21,22,23). The monoisotopic (exact) mass is 375 g/mol. The van der Waals surface area contributed by atoms with Crippen molar-refractivity contribution in [3.05, 3.63) is 29.8 Å². The second-order valence-corrected chi connectivity index (χ2v) is 6.94. The molecule has 0 spiro atoms. The molecule has 27 heavy (non-hydrogen) atoms. The molecule has 1 atom stereocenters. The summed E-state index contributed by atoms with van der Waals surface area (Å²) in [7, 11) is 7.11. The fraction of sp³-hybridized carbons (Fsp3) is 0.600. The van der Waals surface area contributed by atoms with Crippen LogP contribution in [0, 0.1) is 0 Å². The Balaban J connectivity index is 1.73. The number of likely N-dealkylation sites (N-methyl/N-ethyl adjacent to an activating group) is 1. The van der Waals surface area contributed by atoms with Crippen LogP contribution in [0.25, 0.3) is 0 Å². The van der Waals surface area contributed by atoms with Gasteiger partial charge in [0.2, 0.25) is 5.91 Å². The minimum Gasteiger partial charge on any atom is -0.496 e. The molecule has 7 heteroatoms. The van der Waals surface area contributed by atoms with Crippen molar-refractivity contribution < 1.29 is 9.53 Å². The van der Waals surface area contributed by atoms with Gasteiger partial charge < -0.3 is 20.3 Å². The molecule has 1 aromatic rings. The lowest BCUT2D eigenvalue weighted by atomic mass is 10.2. The summed E-state index contributed by atoms with van der Waals surface area (Å²) in [6.45, 7) is 3.38. The molecule has 1 aliphatic heterocycles. The molecule has 0 aliphatic carbocycles. The van der Waals surface area contributed by atoms with E-state index in [1.54, 1.807) is 19.1 Å². The van der Waals surface area contributed by atoms with Gasteiger partial charge in [-0.25, -0.2) is 0 Å². The molecule has 1 aliphatic rings. The molecule has 1 saturated heterocycles. The first-order valence-electron chi connectivity index (χ1n) is 9.58. The number of nitrogens with one attached hydrogen (secondary N) is 2. The molecule has 0 saturated carbocycles. The van der Waals surface area contributed by atoms with E-state index in [9.17, 15) is 4.79 Å². The summed E-state index contributed by atoms with van der Waals surface area (Å²) in [6.07, 6.45) is 3.03. The zero-order chi connectivity index (χ0) is 19.6. The topological polar surface area (TPSA) is 69.2 Å². The van der Waals surface area contributed by atoms with Gasteiger partial charge in [0.05, 0.1) is 13.2 Å². The second-order valence-electron chi connectivity index (χ2n) is 6.94. The summed E-state index contributed by atoms with van der Waals surface area (Å²) >= 11 is 0. The zero-order valence-corrected chi connectivity index (χ0v) is 17.0. The molecule has 0 aromatic heterocycles. The Kier molecular flexibility index (Phi) is 8.39. The molecule has 0 bridgehead atoms. The Bertz CT molecular complexity index is 633. The third-order valence-corrected chi connectivity index (χ3v) is 4.87. The number of guanidine groups is 1. The molecule has 150 valence electrons. The van der Waals surface area contributed by atoms with E-state index >= 15 is 0 Å². The zero-order valence-electron chi connectivity index (χ0n) is 17.0. The van der Waals surface area contributed by atoms with Gasteiger partial charge in [-0.05, 0) is 31.9 Å². The van der Waals surface area contributed by atoms with Gasteiger partial charge in [0, 0.05) is 46.3 Å². The number of amides is 1. The number of carbonyl (C=O) groups is 1. The molecule has 2 rings (SSSR count). The highest BCUT2D eigenvalue weighted by Gasteiger charge is 2.30. The van der Waals surface area contributed by atoms with Crippen molar-refractivity contribution in [1.29, 1.82) is 0 Å². The fourth-order valence-electron chi connectivity index (χ4n) is 3.41. The molecule has 1 unspecified atom stereocenters. The highest BCUT2D eigenvalue weighted by molar-refractivity contribution is 5.81. The van der Waals surface area contributed by atoms with Gasteiger partial charge in [0.15, 0.2) is 5.96 Å². The predicted molar refractivity (Wildman–Crippen MR) is 109 cm³/mol. The molecule has 7 nitrogen and oxygen atoms in total. The smallest absolute Gasteiger partial charge is 0.239 e. The van der Waals surface area contributed by atoms with Gasteiger partial charge in [-0.15, -0.1) is 0 Å². The molecule has 1 heterocycles. The molecule has 1 fully saturated rings. The summed E-state index contributed by atoms with van der Waals surface area (Å²) in [6, 6.07) is 7.99. The van der Waals surface area contributed by atoms with Crippen LogP contribution in [0.2, 0.25) is 0 Å². The van der Waals surface area contributed by atoms with Crippen molar-refractivity contribution in [1.82, 2.24) is 20.4 Å². The lowest BCUT2D eigenvalue weighted by Gasteiger charge is -2.26. The Labute approximate surface area is 162 Å². The summed E-state index contributed by atoms with van der Waals surface area (Å²) in [5.74, 6) is 1.85. The number of carbonyl (C=O) groups excluding carboxylic acids is 1. The van der Waals surface area contributed by atoms with Crippen LogP contribution in [0.3, 0.4) is 0 Å². The maximum Gasteiger partial charge on any atom is 0.239 e. The molecule has 1 aromatic carbocycles. The van der Waals surface area contributed by atoms with E-state index in [2.05, 4.69) is 20.5 Å². The molecule has 0 radical (unpaired) electrons. The largest absolute Gasteiger partial charge is 0.496 e. The maximum atomic E-state index is 12.2. The van der Waals surface area contributed by atoms with Crippen LogP contribution in [0.4, 0.5) is 0 Å². The van der Waals surface area contributed by atoms with Crippen molar-refractivity contribution in [2.75, 3.05) is 47.9 Å². The van der Waals surface area contributed by atoms with Crippen LogP contribution >= 0.6 is 0 Å². The molecular weight excluding hydrogens is 342 g/mol. The predicted octanol–water partition coefficient (Wildman–Crippen LogP) is 1.30. The molecule has 1 amide bonds. The van der Waals surface area contributed by atoms with Crippen LogP contribution < -0.4 is 15.4 Å². The van der Waals surface area contributed by atoms with E-state index < -0.39 is 0 Å². The lowest BCUT2D eigenvalue weighted by molar-refractivity contribution is -0.133. The fourth-order valence-corrected chi connectivity index (χ4v) is 3.41.